The van der Waals surface area contributed by atoms with Gasteiger partial charge in [0.2, 0.25) is 0 Å². The van der Waals surface area contributed by atoms with Crippen LogP contribution < -0.4 is 0 Å². The fourth-order valence-electron chi connectivity index (χ4n) is 11.4. The molecule has 0 heterocycles. The van der Waals surface area contributed by atoms with Crippen LogP contribution in [0.25, 0.3) is 0 Å². The van der Waals surface area contributed by atoms with E-state index < -0.39 is 6.10 Å². The van der Waals surface area contributed by atoms with Crippen LogP contribution in [0.4, 0.5) is 0 Å². The molecule has 0 spiro atoms. The summed E-state index contributed by atoms with van der Waals surface area (Å²) in [5.41, 5.74) is 0. The van der Waals surface area contributed by atoms with Gasteiger partial charge in [-0.05, 0) is 70.6 Å². The molecular formula is C75H142O6. The molecule has 0 N–H and O–H groups in total. The minimum Gasteiger partial charge on any atom is -0.462 e. The minimum absolute atomic E-state index is 0.0651. The van der Waals surface area contributed by atoms with Crippen molar-refractivity contribution in [3.8, 4) is 0 Å². The lowest BCUT2D eigenvalue weighted by molar-refractivity contribution is -0.167. The summed E-state index contributed by atoms with van der Waals surface area (Å²) in [6.07, 6.45) is 86.7. The zero-order chi connectivity index (χ0) is 58.5. The van der Waals surface area contributed by atoms with Crippen molar-refractivity contribution in [2.24, 2.45) is 0 Å². The third kappa shape index (κ3) is 68.6. The Bertz CT molecular complexity index is 1310. The van der Waals surface area contributed by atoms with E-state index in [1.807, 2.05) is 0 Å². The van der Waals surface area contributed by atoms with E-state index >= 15 is 0 Å². The van der Waals surface area contributed by atoms with Crippen molar-refractivity contribution >= 4 is 17.9 Å². The number of ether oxygens (including phenoxy) is 3. The van der Waals surface area contributed by atoms with E-state index in [1.54, 1.807) is 0 Å². The summed E-state index contributed by atoms with van der Waals surface area (Å²) in [7, 11) is 0. The van der Waals surface area contributed by atoms with Crippen molar-refractivity contribution in [1.82, 2.24) is 0 Å². The standard InChI is InChI=1S/C75H142O6/c1-4-7-10-13-16-19-21-23-25-27-29-31-33-34-35-36-37-38-39-40-42-43-45-47-49-51-53-56-59-62-65-68-74(77)80-71-72(70-79-73(76)67-64-61-58-55-18-15-12-9-6-3)81-75(78)69-66-63-60-57-54-52-50-48-46-44-41-32-30-28-26-24-22-20-17-14-11-8-5-2/h27-30,72H,4-26,31-71H2,1-3H3/b29-27-,30-28-. The van der Waals surface area contributed by atoms with E-state index in [0.717, 1.165) is 57.8 Å². The molecule has 478 valence electrons. The Labute approximate surface area is 506 Å². The molecule has 1 atom stereocenters. The molecule has 81 heavy (non-hydrogen) atoms. The molecule has 6 heteroatoms. The summed E-state index contributed by atoms with van der Waals surface area (Å²) in [4.78, 5) is 38.3. The summed E-state index contributed by atoms with van der Waals surface area (Å²) in [6.45, 7) is 6.70. The van der Waals surface area contributed by atoms with E-state index in [-0.39, 0.29) is 31.1 Å². The van der Waals surface area contributed by atoms with Crippen molar-refractivity contribution in [3.05, 3.63) is 24.3 Å². The van der Waals surface area contributed by atoms with Crippen LogP contribution in [-0.4, -0.2) is 37.2 Å². The lowest BCUT2D eigenvalue weighted by Gasteiger charge is -2.18. The molecule has 0 saturated heterocycles. The van der Waals surface area contributed by atoms with Crippen LogP contribution in [-0.2, 0) is 28.6 Å². The van der Waals surface area contributed by atoms with Gasteiger partial charge in [0.15, 0.2) is 6.10 Å². The zero-order valence-corrected chi connectivity index (χ0v) is 55.1. The normalized spacial score (nSPS) is 12.1. The first kappa shape index (κ1) is 78.9. The first-order valence-corrected chi connectivity index (χ1v) is 36.8. The minimum atomic E-state index is -0.767. The fourth-order valence-corrected chi connectivity index (χ4v) is 11.4. The first-order valence-electron chi connectivity index (χ1n) is 36.8. The molecule has 6 nitrogen and oxygen atoms in total. The van der Waals surface area contributed by atoms with Crippen LogP contribution in [0.2, 0.25) is 0 Å². The van der Waals surface area contributed by atoms with Crippen LogP contribution in [0.15, 0.2) is 24.3 Å². The highest BCUT2D eigenvalue weighted by atomic mass is 16.6. The summed E-state index contributed by atoms with van der Waals surface area (Å²) in [5, 5.41) is 0. The number of hydrogen-bond acceptors (Lipinski definition) is 6. The predicted molar refractivity (Wildman–Crippen MR) is 353 cm³/mol. The molecule has 0 aliphatic rings. The maximum atomic E-state index is 12.9. The van der Waals surface area contributed by atoms with Gasteiger partial charge >= 0.3 is 17.9 Å². The van der Waals surface area contributed by atoms with E-state index in [0.29, 0.717) is 19.3 Å². The number of unbranched alkanes of at least 4 members (excludes halogenated alkanes) is 54. The Morgan fingerprint density at radius 2 is 0.407 bits per heavy atom. The van der Waals surface area contributed by atoms with E-state index in [4.69, 9.17) is 14.2 Å². The molecular weight excluding hydrogens is 997 g/mol. The van der Waals surface area contributed by atoms with Crippen LogP contribution >= 0.6 is 0 Å². The SMILES string of the molecule is CCCCCCCCCC/C=C\CCCCCCCCCCCCCCCCCCCCCC(=O)OCC(COC(=O)CCCCCCCCCCC)OC(=O)CCCCCCCCCCCCC/C=C\CCCCCCCCCC. The van der Waals surface area contributed by atoms with Crippen LogP contribution in [0.5, 0.6) is 0 Å². The second-order valence-electron chi connectivity index (χ2n) is 25.2. The number of esters is 3. The summed E-state index contributed by atoms with van der Waals surface area (Å²) >= 11 is 0. The van der Waals surface area contributed by atoms with Gasteiger partial charge in [0.25, 0.3) is 0 Å². The van der Waals surface area contributed by atoms with E-state index in [2.05, 4.69) is 45.1 Å². The molecule has 0 radical (unpaired) electrons. The Kier molecular flexibility index (Phi) is 68.5. The van der Waals surface area contributed by atoms with Crippen molar-refractivity contribution in [1.29, 1.82) is 0 Å². The van der Waals surface area contributed by atoms with Crippen molar-refractivity contribution in [3.63, 3.8) is 0 Å². The highest BCUT2D eigenvalue weighted by molar-refractivity contribution is 5.71. The Hall–Kier alpha value is -2.11. The maximum Gasteiger partial charge on any atom is 0.306 e. The molecule has 0 aromatic heterocycles. The van der Waals surface area contributed by atoms with E-state index in [1.165, 1.54) is 321 Å². The van der Waals surface area contributed by atoms with Crippen molar-refractivity contribution in [2.45, 2.75) is 425 Å². The number of hydrogen-bond donors (Lipinski definition) is 0. The van der Waals surface area contributed by atoms with Gasteiger partial charge in [0, 0.05) is 19.3 Å². The third-order valence-electron chi connectivity index (χ3n) is 16.9. The van der Waals surface area contributed by atoms with Gasteiger partial charge in [0.1, 0.15) is 13.2 Å². The second-order valence-corrected chi connectivity index (χ2v) is 25.2. The Balaban J connectivity index is 4.05. The van der Waals surface area contributed by atoms with Crippen LogP contribution in [0.1, 0.15) is 419 Å². The maximum absolute atomic E-state index is 12.9. The molecule has 0 amide bonds. The van der Waals surface area contributed by atoms with Crippen LogP contribution in [0.3, 0.4) is 0 Å². The number of carbonyl (C=O) groups is 3. The van der Waals surface area contributed by atoms with E-state index in [9.17, 15) is 14.4 Å². The van der Waals surface area contributed by atoms with Gasteiger partial charge in [0.05, 0.1) is 0 Å². The van der Waals surface area contributed by atoms with Gasteiger partial charge in [-0.3, -0.25) is 14.4 Å². The number of rotatable bonds is 69. The molecule has 0 aromatic rings. The van der Waals surface area contributed by atoms with Gasteiger partial charge in [-0.15, -0.1) is 0 Å². The summed E-state index contributed by atoms with van der Waals surface area (Å²) < 4.78 is 17.0. The zero-order valence-electron chi connectivity index (χ0n) is 55.1. The smallest absolute Gasteiger partial charge is 0.306 e. The molecule has 0 fully saturated rings. The van der Waals surface area contributed by atoms with Gasteiger partial charge in [-0.2, -0.15) is 0 Å². The average molecular weight is 1140 g/mol. The van der Waals surface area contributed by atoms with Crippen LogP contribution in [0, 0.1) is 0 Å². The molecule has 0 saturated carbocycles. The summed E-state index contributed by atoms with van der Waals surface area (Å²) in [6, 6.07) is 0. The number of allylic oxidation sites excluding steroid dienone is 4. The quantitative estimate of drug-likeness (QED) is 0.0261. The largest absolute Gasteiger partial charge is 0.462 e. The summed E-state index contributed by atoms with van der Waals surface area (Å²) in [5.74, 6) is -0.838. The lowest BCUT2D eigenvalue weighted by Crippen LogP contribution is -2.30. The molecule has 0 aliphatic heterocycles. The van der Waals surface area contributed by atoms with Gasteiger partial charge in [-0.1, -0.05) is 353 Å². The predicted octanol–water partition coefficient (Wildman–Crippen LogP) is 25.3. The molecule has 0 rings (SSSR count). The molecule has 0 aromatic carbocycles. The highest BCUT2D eigenvalue weighted by Crippen LogP contribution is 2.19. The first-order chi connectivity index (χ1) is 40.0. The Morgan fingerprint density at radius 3 is 0.617 bits per heavy atom. The third-order valence-corrected chi connectivity index (χ3v) is 16.9. The highest BCUT2D eigenvalue weighted by Gasteiger charge is 2.20. The van der Waals surface area contributed by atoms with Crippen molar-refractivity contribution in [2.75, 3.05) is 13.2 Å². The van der Waals surface area contributed by atoms with Crippen molar-refractivity contribution < 1.29 is 28.6 Å². The topological polar surface area (TPSA) is 78.9 Å². The molecule has 0 aliphatic carbocycles. The lowest BCUT2D eigenvalue weighted by atomic mass is 10.0. The Morgan fingerprint density at radius 1 is 0.235 bits per heavy atom. The molecule has 1 unspecified atom stereocenters. The monoisotopic (exact) mass is 1140 g/mol. The number of carbonyl (C=O) groups excluding carboxylic acids is 3. The van der Waals surface area contributed by atoms with Gasteiger partial charge < -0.3 is 14.2 Å². The molecule has 0 bridgehead atoms. The average Bonchev–Trinajstić information content (AvgIpc) is 3.47. The van der Waals surface area contributed by atoms with Gasteiger partial charge in [-0.25, -0.2) is 0 Å². The fraction of sp³-hybridized carbons (Fsp3) is 0.907. The second kappa shape index (κ2) is 70.4.